The van der Waals surface area contributed by atoms with E-state index in [1.807, 2.05) is 31.3 Å². The van der Waals surface area contributed by atoms with Crippen molar-refractivity contribution in [2.45, 2.75) is 26.1 Å². The standard InChI is InChI=1S/C12H14ClN3/c1-3-11-6-10(8-13)7-12(14-11)16-5-4-9(2)15-16/h4-7H,3,8H2,1-2H3. The number of alkyl halides is 1. The van der Waals surface area contributed by atoms with Crippen LogP contribution in [0.3, 0.4) is 0 Å². The Morgan fingerprint density at radius 1 is 1.38 bits per heavy atom. The second-order valence-corrected chi connectivity index (χ2v) is 3.98. The zero-order valence-electron chi connectivity index (χ0n) is 9.44. The molecule has 0 aliphatic rings. The minimum absolute atomic E-state index is 0.503. The van der Waals surface area contributed by atoms with Crippen LogP contribution in [0.1, 0.15) is 23.9 Å². The summed E-state index contributed by atoms with van der Waals surface area (Å²) in [5.74, 6) is 1.34. The number of rotatable bonds is 3. The summed E-state index contributed by atoms with van der Waals surface area (Å²) in [6, 6.07) is 5.96. The second kappa shape index (κ2) is 4.66. The van der Waals surface area contributed by atoms with Crippen LogP contribution in [0.25, 0.3) is 5.82 Å². The highest BCUT2D eigenvalue weighted by molar-refractivity contribution is 6.17. The molecule has 0 amide bonds. The summed E-state index contributed by atoms with van der Waals surface area (Å²) in [5, 5.41) is 4.34. The van der Waals surface area contributed by atoms with Gasteiger partial charge in [0, 0.05) is 17.8 Å². The molecule has 0 spiro atoms. The smallest absolute Gasteiger partial charge is 0.153 e. The normalized spacial score (nSPS) is 10.7. The Bertz CT molecular complexity index is 469. The van der Waals surface area contributed by atoms with E-state index in [1.165, 1.54) is 0 Å². The Morgan fingerprint density at radius 3 is 2.75 bits per heavy atom. The van der Waals surface area contributed by atoms with Gasteiger partial charge in [0.2, 0.25) is 0 Å². The van der Waals surface area contributed by atoms with Crippen molar-refractivity contribution in [3.8, 4) is 5.82 Å². The van der Waals surface area contributed by atoms with Gasteiger partial charge in [-0.15, -0.1) is 11.6 Å². The Balaban J connectivity index is 2.47. The van der Waals surface area contributed by atoms with Gasteiger partial charge in [-0.1, -0.05) is 6.92 Å². The third-order valence-electron chi connectivity index (χ3n) is 2.40. The molecule has 0 aliphatic carbocycles. The zero-order valence-corrected chi connectivity index (χ0v) is 10.2. The van der Waals surface area contributed by atoms with Crippen LogP contribution in [-0.4, -0.2) is 14.8 Å². The van der Waals surface area contributed by atoms with Crippen molar-refractivity contribution in [1.29, 1.82) is 0 Å². The minimum atomic E-state index is 0.503. The van der Waals surface area contributed by atoms with Gasteiger partial charge in [-0.2, -0.15) is 5.10 Å². The van der Waals surface area contributed by atoms with Gasteiger partial charge in [0.15, 0.2) is 5.82 Å². The molecule has 2 aromatic rings. The molecule has 0 N–H and O–H groups in total. The summed E-state index contributed by atoms with van der Waals surface area (Å²) in [6.45, 7) is 4.04. The first-order chi connectivity index (χ1) is 7.72. The molecule has 0 aliphatic heterocycles. The topological polar surface area (TPSA) is 30.7 Å². The first kappa shape index (κ1) is 11.1. The highest BCUT2D eigenvalue weighted by atomic mass is 35.5. The maximum Gasteiger partial charge on any atom is 0.153 e. The predicted molar refractivity (Wildman–Crippen MR) is 65.0 cm³/mol. The summed E-state index contributed by atoms with van der Waals surface area (Å²) < 4.78 is 1.78. The third kappa shape index (κ3) is 2.25. The summed E-state index contributed by atoms with van der Waals surface area (Å²) >= 11 is 5.86. The van der Waals surface area contributed by atoms with Crippen molar-refractivity contribution in [2.24, 2.45) is 0 Å². The predicted octanol–water partition coefficient (Wildman–Crippen LogP) is 2.88. The molecule has 4 heteroatoms. The fourth-order valence-corrected chi connectivity index (χ4v) is 1.71. The van der Waals surface area contributed by atoms with Gasteiger partial charge in [0.05, 0.1) is 5.69 Å². The molecule has 0 saturated carbocycles. The summed E-state index contributed by atoms with van der Waals surface area (Å²) in [6.07, 6.45) is 2.81. The van der Waals surface area contributed by atoms with Crippen LogP contribution in [0.4, 0.5) is 0 Å². The molecule has 2 heterocycles. The fraction of sp³-hybridized carbons (Fsp3) is 0.333. The van der Waals surface area contributed by atoms with Crippen molar-refractivity contribution in [3.05, 3.63) is 41.3 Å². The third-order valence-corrected chi connectivity index (χ3v) is 2.71. The van der Waals surface area contributed by atoms with Gasteiger partial charge in [-0.05, 0) is 37.1 Å². The number of pyridine rings is 1. The number of hydrogen-bond acceptors (Lipinski definition) is 2. The highest BCUT2D eigenvalue weighted by Crippen LogP contribution is 2.12. The first-order valence-electron chi connectivity index (χ1n) is 5.31. The molecule has 0 saturated heterocycles. The molecule has 0 aromatic carbocycles. The van der Waals surface area contributed by atoms with Crippen molar-refractivity contribution in [2.75, 3.05) is 0 Å². The summed E-state index contributed by atoms with van der Waals surface area (Å²) in [5.41, 5.74) is 3.11. The number of aromatic nitrogens is 3. The van der Waals surface area contributed by atoms with E-state index < -0.39 is 0 Å². The molecular weight excluding hydrogens is 222 g/mol. The van der Waals surface area contributed by atoms with Crippen LogP contribution in [0, 0.1) is 6.92 Å². The molecule has 0 atom stereocenters. The van der Waals surface area contributed by atoms with Crippen molar-refractivity contribution < 1.29 is 0 Å². The lowest BCUT2D eigenvalue weighted by Gasteiger charge is -2.06. The van der Waals surface area contributed by atoms with Gasteiger partial charge < -0.3 is 0 Å². The quantitative estimate of drug-likeness (QED) is 0.766. The zero-order chi connectivity index (χ0) is 11.5. The molecule has 2 aromatic heterocycles. The van der Waals surface area contributed by atoms with E-state index in [9.17, 15) is 0 Å². The Labute approximate surface area is 100 Å². The van der Waals surface area contributed by atoms with E-state index in [4.69, 9.17) is 11.6 Å². The lowest BCUT2D eigenvalue weighted by molar-refractivity contribution is 0.817. The van der Waals surface area contributed by atoms with Crippen molar-refractivity contribution >= 4 is 11.6 Å². The van der Waals surface area contributed by atoms with Crippen LogP contribution >= 0.6 is 11.6 Å². The number of aryl methyl sites for hydroxylation is 2. The second-order valence-electron chi connectivity index (χ2n) is 3.71. The monoisotopic (exact) mass is 235 g/mol. The van der Waals surface area contributed by atoms with Gasteiger partial charge in [-0.25, -0.2) is 9.67 Å². The lowest BCUT2D eigenvalue weighted by atomic mass is 10.2. The maximum absolute atomic E-state index is 5.86. The number of nitrogens with zero attached hydrogens (tertiary/aromatic N) is 3. The SMILES string of the molecule is CCc1cc(CCl)cc(-n2ccc(C)n2)n1. The largest absolute Gasteiger partial charge is 0.234 e. The molecule has 3 nitrogen and oxygen atoms in total. The van der Waals surface area contributed by atoms with E-state index in [2.05, 4.69) is 17.0 Å². The van der Waals surface area contributed by atoms with E-state index in [-0.39, 0.29) is 0 Å². The molecule has 0 fully saturated rings. The van der Waals surface area contributed by atoms with Crippen LogP contribution in [0.5, 0.6) is 0 Å². The van der Waals surface area contributed by atoms with Crippen LogP contribution in [-0.2, 0) is 12.3 Å². The Morgan fingerprint density at radius 2 is 2.19 bits per heavy atom. The van der Waals surface area contributed by atoms with E-state index in [1.54, 1.807) is 4.68 Å². The Hall–Kier alpha value is -1.35. The number of hydrogen-bond donors (Lipinski definition) is 0. The lowest BCUT2D eigenvalue weighted by Crippen LogP contribution is -2.02. The number of halogens is 1. The van der Waals surface area contributed by atoms with Crippen LogP contribution < -0.4 is 0 Å². The molecule has 0 bridgehead atoms. The Kier molecular flexibility index (Phi) is 3.25. The molecule has 84 valence electrons. The molecule has 0 unspecified atom stereocenters. The van der Waals surface area contributed by atoms with Crippen LogP contribution in [0.15, 0.2) is 24.4 Å². The highest BCUT2D eigenvalue weighted by Gasteiger charge is 2.04. The molecular formula is C12H14ClN3. The van der Waals surface area contributed by atoms with Crippen molar-refractivity contribution in [1.82, 2.24) is 14.8 Å². The fourth-order valence-electron chi connectivity index (χ4n) is 1.55. The molecule has 0 radical (unpaired) electrons. The maximum atomic E-state index is 5.86. The van der Waals surface area contributed by atoms with Crippen LogP contribution in [0.2, 0.25) is 0 Å². The van der Waals surface area contributed by atoms with Crippen molar-refractivity contribution in [3.63, 3.8) is 0 Å². The van der Waals surface area contributed by atoms with Gasteiger partial charge >= 0.3 is 0 Å². The van der Waals surface area contributed by atoms with Gasteiger partial charge in [0.1, 0.15) is 0 Å². The van der Waals surface area contributed by atoms with Gasteiger partial charge in [0.25, 0.3) is 0 Å². The average molecular weight is 236 g/mol. The molecule has 2 rings (SSSR count). The van der Waals surface area contributed by atoms with E-state index >= 15 is 0 Å². The summed E-state index contributed by atoms with van der Waals surface area (Å²) in [4.78, 5) is 4.53. The molecule has 16 heavy (non-hydrogen) atoms. The van der Waals surface area contributed by atoms with Gasteiger partial charge in [-0.3, -0.25) is 0 Å². The summed E-state index contributed by atoms with van der Waals surface area (Å²) in [7, 11) is 0. The minimum Gasteiger partial charge on any atom is -0.234 e. The van der Waals surface area contributed by atoms with E-state index in [0.717, 1.165) is 29.2 Å². The van der Waals surface area contributed by atoms with E-state index in [0.29, 0.717) is 5.88 Å². The average Bonchev–Trinajstić information content (AvgIpc) is 2.75. The first-order valence-corrected chi connectivity index (χ1v) is 5.85.